The highest BCUT2D eigenvalue weighted by molar-refractivity contribution is 5.70. The van der Waals surface area contributed by atoms with Gasteiger partial charge in [-0.1, -0.05) is 209 Å². The second-order valence-corrected chi connectivity index (χ2v) is 21.2. The zero-order valence-corrected chi connectivity index (χ0v) is 48.1. The number of esters is 2. The summed E-state index contributed by atoms with van der Waals surface area (Å²) in [5.74, 6) is -1.06. The van der Waals surface area contributed by atoms with E-state index in [4.69, 9.17) is 28.4 Å². The van der Waals surface area contributed by atoms with E-state index in [0.717, 1.165) is 44.9 Å². The minimum atomic E-state index is -1.79. The van der Waals surface area contributed by atoms with E-state index in [9.17, 15) is 45.3 Å². The SMILES string of the molecule is CCCCC/C=C/C/C=C/C/C=C/C/C=C/C/C=C/CCC(=O)O[C@@H](COC(=O)CCC/C=C/CCCCCCCCCCCCCCCCCCCC)CO[C@@H]1O[C@H](CO[C@@H]2O[C@H](CO)[C@H](O)C(O)C2O)[C@H](O)C(O)C1O. The lowest BCUT2D eigenvalue weighted by Crippen LogP contribution is -2.61. The Morgan fingerprint density at radius 3 is 1.29 bits per heavy atom. The highest BCUT2D eigenvalue weighted by atomic mass is 16.7. The van der Waals surface area contributed by atoms with E-state index in [1.807, 2.05) is 12.2 Å². The van der Waals surface area contributed by atoms with Gasteiger partial charge in [0.15, 0.2) is 18.7 Å². The van der Waals surface area contributed by atoms with Gasteiger partial charge in [0.05, 0.1) is 19.8 Å². The average Bonchev–Trinajstić information content (AvgIpc) is 3.43. The van der Waals surface area contributed by atoms with E-state index in [1.54, 1.807) is 0 Å². The summed E-state index contributed by atoms with van der Waals surface area (Å²) in [5, 5.41) is 72.3. The molecule has 2 aliphatic rings. The molecule has 2 fully saturated rings. The largest absolute Gasteiger partial charge is 0.462 e. The van der Waals surface area contributed by atoms with Crippen LogP contribution in [0.5, 0.6) is 0 Å². The minimum absolute atomic E-state index is 0.0340. The first-order valence-electron chi connectivity index (χ1n) is 30.5. The molecule has 0 aliphatic carbocycles. The summed E-state index contributed by atoms with van der Waals surface area (Å²) < 4.78 is 33.6. The molecule has 450 valence electrons. The number of carbonyl (C=O) groups excluding carboxylic acids is 2. The van der Waals surface area contributed by atoms with Crippen molar-refractivity contribution in [2.75, 3.05) is 26.4 Å². The van der Waals surface area contributed by atoms with Gasteiger partial charge in [-0.25, -0.2) is 0 Å². The van der Waals surface area contributed by atoms with Crippen LogP contribution in [-0.4, -0.2) is 142 Å². The van der Waals surface area contributed by atoms with Crippen LogP contribution in [0.25, 0.3) is 0 Å². The third-order valence-corrected chi connectivity index (χ3v) is 14.2. The molecule has 0 aromatic rings. The molecule has 11 atom stereocenters. The van der Waals surface area contributed by atoms with Gasteiger partial charge in [-0.2, -0.15) is 0 Å². The van der Waals surface area contributed by atoms with Gasteiger partial charge in [0.2, 0.25) is 0 Å². The van der Waals surface area contributed by atoms with E-state index in [1.165, 1.54) is 128 Å². The van der Waals surface area contributed by atoms with Crippen LogP contribution < -0.4 is 0 Å². The maximum Gasteiger partial charge on any atom is 0.306 e. The summed E-state index contributed by atoms with van der Waals surface area (Å²) in [6.07, 6.45) is 43.8. The lowest BCUT2D eigenvalue weighted by molar-refractivity contribution is -0.332. The maximum atomic E-state index is 13.0. The smallest absolute Gasteiger partial charge is 0.306 e. The van der Waals surface area contributed by atoms with Gasteiger partial charge >= 0.3 is 11.9 Å². The molecule has 0 aromatic heterocycles. The first-order chi connectivity index (χ1) is 38.0. The van der Waals surface area contributed by atoms with E-state index in [0.29, 0.717) is 19.3 Å². The molecule has 2 aliphatic heterocycles. The third-order valence-electron chi connectivity index (χ3n) is 14.2. The molecule has 4 unspecified atom stereocenters. The van der Waals surface area contributed by atoms with Gasteiger partial charge in [0.1, 0.15) is 55.4 Å². The van der Waals surface area contributed by atoms with Crippen molar-refractivity contribution < 1.29 is 73.8 Å². The molecule has 15 heteroatoms. The fourth-order valence-electron chi connectivity index (χ4n) is 9.20. The number of ether oxygens (including phenoxy) is 6. The lowest BCUT2D eigenvalue weighted by atomic mass is 9.98. The number of aliphatic hydroxyl groups is 7. The van der Waals surface area contributed by atoms with Gasteiger partial charge in [0.25, 0.3) is 0 Å². The summed E-state index contributed by atoms with van der Waals surface area (Å²) in [5.41, 5.74) is 0. The summed E-state index contributed by atoms with van der Waals surface area (Å²) in [6.45, 7) is 2.48. The highest BCUT2D eigenvalue weighted by Gasteiger charge is 2.47. The second kappa shape index (κ2) is 48.6. The molecule has 0 radical (unpaired) electrons. The summed E-state index contributed by atoms with van der Waals surface area (Å²) >= 11 is 0. The van der Waals surface area contributed by atoms with Crippen LogP contribution in [0.2, 0.25) is 0 Å². The molecular formula is C63H108O15. The van der Waals surface area contributed by atoms with E-state index in [-0.39, 0.29) is 19.4 Å². The highest BCUT2D eigenvalue weighted by Crippen LogP contribution is 2.27. The molecule has 7 N–H and O–H groups in total. The van der Waals surface area contributed by atoms with Gasteiger partial charge in [-0.3, -0.25) is 9.59 Å². The first kappa shape index (κ1) is 71.0. The Bertz CT molecular complexity index is 1630. The molecule has 2 rings (SSSR count). The average molecular weight is 1110 g/mol. The van der Waals surface area contributed by atoms with Gasteiger partial charge in [0, 0.05) is 12.8 Å². The standard InChI is InChI=1S/C63H108O15/c1-3-5-7-9-11-13-15-17-19-21-23-24-25-26-28-29-31-33-35-37-39-41-43-45-54(65)73-48-51(76-55(66)46-44-42-40-38-36-34-32-30-27-22-20-18-16-14-12-10-8-6-4-2)49-74-62-61(72)59(70)57(68)53(78-62)50-75-63-60(71)58(69)56(67)52(47-64)77-63/h12,14,18,20,27,30,34,36-37,39-40,42,51-53,56-64,67-72H,3-11,13,15-17,19,21-26,28-29,31-33,35,38,41,43-50H2,1-2H3/b14-12+,20-18+,30-27+,36-34+,39-37+,42-40+/t51-,52+,53+,56-,57-,58?,59?,60?,61?,62+,63+/m0/s1. The Morgan fingerprint density at radius 1 is 0.410 bits per heavy atom. The molecule has 2 saturated heterocycles. The van der Waals surface area contributed by atoms with E-state index < -0.39 is 99.3 Å². The normalized spacial score (nSPS) is 24.5. The molecular weight excluding hydrogens is 997 g/mol. The van der Waals surface area contributed by atoms with Crippen LogP contribution in [0, 0.1) is 0 Å². The molecule has 0 aromatic carbocycles. The summed E-state index contributed by atoms with van der Waals surface area (Å²) in [7, 11) is 0. The number of rotatable bonds is 48. The van der Waals surface area contributed by atoms with Gasteiger partial charge in [-0.05, 0) is 70.6 Å². The molecule has 0 spiro atoms. The van der Waals surface area contributed by atoms with Gasteiger partial charge < -0.3 is 64.2 Å². The van der Waals surface area contributed by atoms with Crippen molar-refractivity contribution in [2.24, 2.45) is 0 Å². The zero-order chi connectivity index (χ0) is 56.7. The van der Waals surface area contributed by atoms with Crippen LogP contribution in [-0.2, 0) is 38.0 Å². The molecule has 0 amide bonds. The molecule has 0 bridgehead atoms. The molecule has 0 saturated carbocycles. The fourth-order valence-corrected chi connectivity index (χ4v) is 9.20. The monoisotopic (exact) mass is 1100 g/mol. The Kier molecular flexibility index (Phi) is 44.3. The fraction of sp³-hybridized carbons (Fsp3) is 0.778. The number of hydrogen-bond acceptors (Lipinski definition) is 15. The Labute approximate surface area is 470 Å². The number of unbranched alkanes of at least 4 members (excludes halogenated alkanes) is 22. The van der Waals surface area contributed by atoms with Crippen LogP contribution in [0.3, 0.4) is 0 Å². The predicted octanol–water partition coefficient (Wildman–Crippen LogP) is 10.9. The first-order valence-corrected chi connectivity index (χ1v) is 30.5. The van der Waals surface area contributed by atoms with Crippen molar-refractivity contribution in [2.45, 2.75) is 287 Å². The van der Waals surface area contributed by atoms with E-state index >= 15 is 0 Å². The van der Waals surface area contributed by atoms with Crippen LogP contribution in [0.15, 0.2) is 72.9 Å². The number of hydrogen-bond donors (Lipinski definition) is 7. The lowest BCUT2D eigenvalue weighted by Gasteiger charge is -2.42. The van der Waals surface area contributed by atoms with Crippen LogP contribution in [0.1, 0.15) is 219 Å². The van der Waals surface area contributed by atoms with Crippen molar-refractivity contribution in [3.8, 4) is 0 Å². The second-order valence-electron chi connectivity index (χ2n) is 21.2. The number of aliphatic hydroxyl groups excluding tert-OH is 7. The maximum absolute atomic E-state index is 13.0. The van der Waals surface area contributed by atoms with E-state index in [2.05, 4.69) is 74.6 Å². The Hall–Kier alpha value is -3.06. The molecule has 78 heavy (non-hydrogen) atoms. The number of allylic oxidation sites excluding steroid dienone is 12. The molecule has 15 nitrogen and oxygen atoms in total. The predicted molar refractivity (Wildman–Crippen MR) is 307 cm³/mol. The Morgan fingerprint density at radius 2 is 0.795 bits per heavy atom. The van der Waals surface area contributed by atoms with Crippen molar-refractivity contribution in [3.05, 3.63) is 72.9 Å². The zero-order valence-electron chi connectivity index (χ0n) is 48.1. The Balaban J connectivity index is 1.77. The summed E-state index contributed by atoms with van der Waals surface area (Å²) in [4.78, 5) is 25.9. The van der Waals surface area contributed by atoms with Gasteiger partial charge in [-0.15, -0.1) is 0 Å². The van der Waals surface area contributed by atoms with Crippen molar-refractivity contribution in [1.82, 2.24) is 0 Å². The quantitative estimate of drug-likeness (QED) is 0.0171. The third kappa shape index (κ3) is 34.9. The van der Waals surface area contributed by atoms with Crippen molar-refractivity contribution in [3.63, 3.8) is 0 Å². The summed E-state index contributed by atoms with van der Waals surface area (Å²) in [6, 6.07) is 0. The number of carbonyl (C=O) groups is 2. The van der Waals surface area contributed by atoms with Crippen LogP contribution >= 0.6 is 0 Å². The molecule has 2 heterocycles. The van der Waals surface area contributed by atoms with Crippen molar-refractivity contribution >= 4 is 11.9 Å². The topological polar surface area (TPSA) is 231 Å². The van der Waals surface area contributed by atoms with Crippen molar-refractivity contribution in [1.29, 1.82) is 0 Å². The minimum Gasteiger partial charge on any atom is -0.462 e. The van der Waals surface area contributed by atoms with Crippen LogP contribution in [0.4, 0.5) is 0 Å².